The number of fused-ring (bicyclic) bond motifs is 5. The number of rotatable bonds is 16. The maximum atomic E-state index is 15.4. The summed E-state index contributed by atoms with van der Waals surface area (Å²) in [4.78, 5) is 102. The third-order valence-corrected chi connectivity index (χ3v) is 17.6. The molecule has 2 aliphatic carbocycles. The standard InChI is InChI=1S/C60H44N4O10S5/c1-3-63-51(65)49(78-57(63)75)61-47-27-39-25-45-41(29-43(39)59(47,53(67)71-31-35-17-9-5-10-18-35)54(68)72-32-36-19-11-6-12-20-36)42-30-44-40(26-46(42)77-45)28-48(62-50-52(66)64(4-2)58(76)79-50)60(44,55(69)73-33-37-21-13-7-14-22-37)56(70)74-34-38-23-15-8-16-24-38/h5-30H,3-4,31-34H2,1-2H3/b61-49-,62-50-. The van der Waals surface area contributed by atoms with Gasteiger partial charge in [0.15, 0.2) is 10.1 Å². The molecule has 79 heavy (non-hydrogen) atoms. The lowest BCUT2D eigenvalue weighted by molar-refractivity contribution is -0.166. The molecular weight excluding hydrogens is 1100 g/mol. The predicted molar refractivity (Wildman–Crippen MR) is 314 cm³/mol. The van der Waals surface area contributed by atoms with Crippen molar-refractivity contribution < 1.29 is 47.7 Å². The Labute approximate surface area is 476 Å². The van der Waals surface area contributed by atoms with Crippen LogP contribution >= 0.6 is 59.3 Å². The zero-order chi connectivity index (χ0) is 55.0. The van der Waals surface area contributed by atoms with Gasteiger partial charge in [0.05, 0.1) is 11.4 Å². The maximum Gasteiger partial charge on any atom is 0.334 e. The summed E-state index contributed by atoms with van der Waals surface area (Å²) < 4.78 is 26.4. The van der Waals surface area contributed by atoms with Crippen molar-refractivity contribution in [2.75, 3.05) is 13.1 Å². The van der Waals surface area contributed by atoms with Gasteiger partial charge in [-0.3, -0.25) is 38.6 Å². The summed E-state index contributed by atoms with van der Waals surface area (Å²) in [5.74, 6) is -5.03. The first-order valence-corrected chi connectivity index (χ1v) is 28.2. The summed E-state index contributed by atoms with van der Waals surface area (Å²) in [6.45, 7) is 3.19. The molecule has 0 saturated carbocycles. The zero-order valence-electron chi connectivity index (χ0n) is 42.2. The highest BCUT2D eigenvalue weighted by atomic mass is 32.2. The van der Waals surface area contributed by atoms with Gasteiger partial charge in [0.2, 0.25) is 10.8 Å². The van der Waals surface area contributed by atoms with Crippen LogP contribution in [0, 0.1) is 0 Å². The number of amides is 2. The van der Waals surface area contributed by atoms with Crippen LogP contribution in [-0.4, -0.2) is 77.3 Å². The van der Waals surface area contributed by atoms with Crippen molar-refractivity contribution in [2.45, 2.75) is 51.1 Å². The molecule has 0 unspecified atom stereocenters. The Bertz CT molecular complexity index is 3480. The van der Waals surface area contributed by atoms with Crippen LogP contribution in [0.3, 0.4) is 0 Å². The molecule has 394 valence electrons. The summed E-state index contributed by atoms with van der Waals surface area (Å²) in [6, 6.07) is 42.9. The van der Waals surface area contributed by atoms with E-state index in [9.17, 15) is 9.59 Å². The fourth-order valence-electron chi connectivity index (χ4n) is 9.82. The van der Waals surface area contributed by atoms with Gasteiger partial charge in [-0.05, 0) is 118 Å². The van der Waals surface area contributed by atoms with Crippen molar-refractivity contribution in [1.82, 2.24) is 9.80 Å². The van der Waals surface area contributed by atoms with Crippen molar-refractivity contribution in [3.8, 4) is 0 Å². The Morgan fingerprint density at radius 1 is 0.481 bits per heavy atom. The van der Waals surface area contributed by atoms with E-state index >= 15 is 19.2 Å². The molecule has 4 aliphatic rings. The maximum absolute atomic E-state index is 15.4. The van der Waals surface area contributed by atoms with Gasteiger partial charge in [-0.25, -0.2) is 9.98 Å². The molecule has 0 bridgehead atoms. The van der Waals surface area contributed by atoms with Gasteiger partial charge in [0, 0.05) is 33.3 Å². The lowest BCUT2D eigenvalue weighted by Crippen LogP contribution is -2.46. The Morgan fingerprint density at radius 2 is 0.785 bits per heavy atom. The van der Waals surface area contributed by atoms with Crippen molar-refractivity contribution in [2.24, 2.45) is 9.98 Å². The van der Waals surface area contributed by atoms with Crippen molar-refractivity contribution >= 4 is 146 Å². The SMILES string of the molecule is CCN1C(=O)/C(=N/C2=Cc3cc4sc5cc6c(cc5c4cc3C2(C(=O)OCc2ccccc2)C(=O)OCc2ccccc2)C(C(=O)OCc2ccccc2)(C(=O)OCc2ccccc2)C(/N=C2\SC(=S)N(CC)C2=O)=C6)SC1=S. The van der Waals surface area contributed by atoms with Crippen molar-refractivity contribution in [3.05, 3.63) is 201 Å². The van der Waals surface area contributed by atoms with Crippen molar-refractivity contribution in [3.63, 3.8) is 0 Å². The third-order valence-electron chi connectivity index (χ3n) is 13.8. The summed E-state index contributed by atoms with van der Waals surface area (Å²) in [7, 11) is 0. The van der Waals surface area contributed by atoms with Gasteiger partial charge in [0.1, 0.15) is 35.1 Å². The van der Waals surface area contributed by atoms with E-state index < -0.39 is 46.5 Å². The Kier molecular flexibility index (Phi) is 14.8. The highest BCUT2D eigenvalue weighted by Crippen LogP contribution is 2.52. The number of carbonyl (C=O) groups excluding carboxylic acids is 6. The van der Waals surface area contributed by atoms with E-state index in [1.54, 1.807) is 135 Å². The number of hydrogen-bond acceptors (Lipinski definition) is 17. The van der Waals surface area contributed by atoms with Crippen LogP contribution in [0.4, 0.5) is 0 Å². The third kappa shape index (κ3) is 9.58. The predicted octanol–water partition coefficient (Wildman–Crippen LogP) is 10.8. The number of thioether (sulfide) groups is 2. The molecule has 11 rings (SSSR count). The Balaban J connectivity index is 1.11. The average molecular weight is 1140 g/mol. The molecule has 0 spiro atoms. The van der Waals surface area contributed by atoms with Crippen LogP contribution in [0.1, 0.15) is 58.4 Å². The largest absolute Gasteiger partial charge is 0.459 e. The van der Waals surface area contributed by atoms with Crippen molar-refractivity contribution in [1.29, 1.82) is 0 Å². The lowest BCUT2D eigenvalue weighted by atomic mass is 9.78. The number of aliphatic imine (C=N–C) groups is 2. The first kappa shape index (κ1) is 53.1. The van der Waals surface area contributed by atoms with Gasteiger partial charge < -0.3 is 18.9 Å². The second-order valence-electron chi connectivity index (χ2n) is 18.4. The molecule has 14 nitrogen and oxygen atoms in total. The summed E-state index contributed by atoms with van der Waals surface area (Å²) in [6.07, 6.45) is 3.17. The second-order valence-corrected chi connectivity index (χ2v) is 22.8. The zero-order valence-corrected chi connectivity index (χ0v) is 46.2. The number of thiocarbonyl (C=S) groups is 2. The molecule has 0 N–H and O–H groups in total. The first-order chi connectivity index (χ1) is 38.3. The minimum atomic E-state index is -2.41. The average Bonchev–Trinajstić information content (AvgIpc) is 3.50. The van der Waals surface area contributed by atoms with Crippen LogP contribution < -0.4 is 0 Å². The summed E-state index contributed by atoms with van der Waals surface area (Å²) in [5.41, 5.74) is -1.35. The van der Waals surface area contributed by atoms with E-state index in [4.69, 9.17) is 53.4 Å². The van der Waals surface area contributed by atoms with Gasteiger partial charge >= 0.3 is 23.9 Å². The fourth-order valence-corrected chi connectivity index (χ4v) is 13.5. The molecule has 1 aromatic heterocycles. The number of thiophene rings is 1. The molecule has 2 fully saturated rings. The summed E-state index contributed by atoms with van der Waals surface area (Å²) >= 11 is 14.4. The minimum absolute atomic E-state index is 0.0479. The van der Waals surface area contributed by atoms with Crippen LogP contribution in [0.25, 0.3) is 32.3 Å². The molecule has 0 radical (unpaired) electrons. The topological polar surface area (TPSA) is 171 Å². The molecule has 7 aromatic rings. The van der Waals surface area contributed by atoms with Gasteiger partial charge in [-0.15, -0.1) is 11.3 Å². The molecule has 19 heteroatoms. The van der Waals surface area contributed by atoms with Crippen LogP contribution in [0.15, 0.2) is 167 Å². The second kappa shape index (κ2) is 22.1. The highest BCUT2D eigenvalue weighted by Gasteiger charge is 2.60. The Hall–Kier alpha value is -7.94. The molecule has 6 aromatic carbocycles. The van der Waals surface area contributed by atoms with Crippen LogP contribution in [0.2, 0.25) is 0 Å². The van der Waals surface area contributed by atoms with Crippen LogP contribution in [0.5, 0.6) is 0 Å². The number of ether oxygens (including phenoxy) is 4. The highest BCUT2D eigenvalue weighted by molar-refractivity contribution is 8.35. The molecule has 2 saturated heterocycles. The van der Waals surface area contributed by atoms with E-state index in [0.717, 1.165) is 23.5 Å². The van der Waals surface area contributed by atoms with Gasteiger partial charge in [0.25, 0.3) is 11.8 Å². The fraction of sp³-hybridized carbons (Fsp3) is 0.167. The number of nitrogens with zero attached hydrogens (tertiary/aromatic N) is 4. The quantitative estimate of drug-likeness (QED) is 0.0387. The number of hydrogen-bond donors (Lipinski definition) is 0. The normalized spacial score (nSPS) is 17.1. The van der Waals surface area contributed by atoms with E-state index in [2.05, 4.69) is 0 Å². The minimum Gasteiger partial charge on any atom is -0.459 e. The number of carbonyl (C=O) groups is 6. The van der Waals surface area contributed by atoms with E-state index in [0.29, 0.717) is 53.6 Å². The molecule has 3 heterocycles. The molecule has 2 aliphatic heterocycles. The van der Waals surface area contributed by atoms with E-state index in [1.165, 1.54) is 21.1 Å². The van der Waals surface area contributed by atoms with Gasteiger partial charge in [-0.1, -0.05) is 146 Å². The Morgan fingerprint density at radius 3 is 1.06 bits per heavy atom. The number of esters is 4. The monoisotopic (exact) mass is 1140 g/mol. The molecule has 2 amide bonds. The lowest BCUT2D eigenvalue weighted by Gasteiger charge is -2.28. The number of benzene rings is 6. The van der Waals surface area contributed by atoms with Crippen LogP contribution in [-0.2, 0) is 85.0 Å². The first-order valence-electron chi connectivity index (χ1n) is 24.9. The summed E-state index contributed by atoms with van der Waals surface area (Å²) in [5, 5.41) is 0.930. The van der Waals surface area contributed by atoms with Gasteiger partial charge in [-0.2, -0.15) is 0 Å². The molecular formula is C60H44N4O10S5. The van der Waals surface area contributed by atoms with E-state index in [-0.39, 0.29) is 80.8 Å². The smallest absolute Gasteiger partial charge is 0.334 e. The van der Waals surface area contributed by atoms with E-state index in [1.807, 2.05) is 36.4 Å². The molecule has 0 atom stereocenters.